The number of ether oxygens (including phenoxy) is 1. The smallest absolute Gasteiger partial charge is 0.410 e. The Hall–Kier alpha value is -1.82. The number of aromatic nitrogens is 1. The van der Waals surface area contributed by atoms with Crippen molar-refractivity contribution in [2.24, 2.45) is 0 Å². The van der Waals surface area contributed by atoms with Crippen LogP contribution in [-0.4, -0.2) is 47.8 Å². The van der Waals surface area contributed by atoms with Gasteiger partial charge in [-0.15, -0.1) is 11.3 Å². The van der Waals surface area contributed by atoms with Gasteiger partial charge in [0, 0.05) is 32.4 Å². The fourth-order valence-electron chi connectivity index (χ4n) is 3.09. The van der Waals surface area contributed by atoms with Gasteiger partial charge in [-0.3, -0.25) is 4.98 Å². The molecule has 0 radical (unpaired) electrons. The van der Waals surface area contributed by atoms with Crippen LogP contribution in [0, 0.1) is 0 Å². The number of thiophene rings is 1. The molecule has 0 aromatic carbocycles. The lowest BCUT2D eigenvalue weighted by Gasteiger charge is -2.38. The summed E-state index contributed by atoms with van der Waals surface area (Å²) in [7, 11) is 1.85. The Balaban J connectivity index is 1.63. The van der Waals surface area contributed by atoms with Crippen molar-refractivity contribution >= 4 is 33.3 Å². The van der Waals surface area contributed by atoms with Gasteiger partial charge >= 0.3 is 6.09 Å². The van der Waals surface area contributed by atoms with Gasteiger partial charge in [0.05, 0.1) is 15.9 Å². The van der Waals surface area contributed by atoms with Crippen LogP contribution < -0.4 is 4.90 Å². The zero-order valence-electron chi connectivity index (χ0n) is 14.8. The molecule has 3 heterocycles. The number of carbonyl (C=O) groups is 1. The highest BCUT2D eigenvalue weighted by Gasteiger charge is 2.29. The van der Waals surface area contributed by atoms with E-state index in [2.05, 4.69) is 27.4 Å². The number of pyridine rings is 1. The van der Waals surface area contributed by atoms with Crippen LogP contribution in [0.4, 0.5) is 10.5 Å². The van der Waals surface area contributed by atoms with Crippen LogP contribution in [0.1, 0.15) is 33.6 Å². The van der Waals surface area contributed by atoms with E-state index in [1.54, 1.807) is 16.2 Å². The second-order valence-corrected chi connectivity index (χ2v) is 8.19. The Bertz CT molecular complexity index is 714. The second-order valence-electron chi connectivity index (χ2n) is 7.27. The van der Waals surface area contributed by atoms with E-state index in [0.717, 1.165) is 31.4 Å². The third kappa shape index (κ3) is 3.64. The number of anilines is 1. The molecule has 1 aliphatic rings. The van der Waals surface area contributed by atoms with Crippen molar-refractivity contribution in [1.29, 1.82) is 0 Å². The van der Waals surface area contributed by atoms with Gasteiger partial charge in [0.25, 0.3) is 0 Å². The summed E-state index contributed by atoms with van der Waals surface area (Å²) in [5.41, 5.74) is 1.87. The number of hydrogen-bond acceptors (Lipinski definition) is 5. The molecule has 1 fully saturated rings. The first-order chi connectivity index (χ1) is 11.3. The Morgan fingerprint density at radius 3 is 2.71 bits per heavy atom. The van der Waals surface area contributed by atoms with Crippen molar-refractivity contribution < 1.29 is 9.53 Å². The largest absolute Gasteiger partial charge is 0.444 e. The highest BCUT2D eigenvalue weighted by Crippen LogP contribution is 2.32. The summed E-state index contributed by atoms with van der Waals surface area (Å²) in [5.74, 6) is 0. The van der Waals surface area contributed by atoms with Crippen LogP contribution in [0.2, 0.25) is 0 Å². The van der Waals surface area contributed by atoms with Crippen LogP contribution in [0.5, 0.6) is 0 Å². The molecule has 0 spiro atoms. The van der Waals surface area contributed by atoms with E-state index in [-0.39, 0.29) is 12.1 Å². The zero-order valence-corrected chi connectivity index (χ0v) is 15.6. The van der Waals surface area contributed by atoms with Gasteiger partial charge in [-0.2, -0.15) is 0 Å². The van der Waals surface area contributed by atoms with Crippen LogP contribution >= 0.6 is 11.3 Å². The first kappa shape index (κ1) is 17.0. The molecule has 2 aromatic heterocycles. The molecule has 0 bridgehead atoms. The lowest BCUT2D eigenvalue weighted by molar-refractivity contribution is 0.0201. The lowest BCUT2D eigenvalue weighted by atomic mass is 10.0. The molecule has 1 saturated heterocycles. The number of hydrogen-bond donors (Lipinski definition) is 0. The topological polar surface area (TPSA) is 45.7 Å². The van der Waals surface area contributed by atoms with E-state index in [1.165, 1.54) is 10.4 Å². The highest BCUT2D eigenvalue weighted by atomic mass is 32.1. The molecule has 0 N–H and O–H groups in total. The summed E-state index contributed by atoms with van der Waals surface area (Å²) < 4.78 is 6.72. The van der Waals surface area contributed by atoms with E-state index in [0.29, 0.717) is 0 Å². The molecular formula is C18H25N3O2S. The summed E-state index contributed by atoms with van der Waals surface area (Å²) in [6, 6.07) is 4.39. The average molecular weight is 347 g/mol. The van der Waals surface area contributed by atoms with Gasteiger partial charge in [-0.1, -0.05) is 0 Å². The zero-order chi connectivity index (χ0) is 17.3. The Labute approximate surface area is 147 Å². The first-order valence-corrected chi connectivity index (χ1v) is 9.26. The van der Waals surface area contributed by atoms with Crippen molar-refractivity contribution in [2.75, 3.05) is 25.0 Å². The van der Waals surface area contributed by atoms with Crippen LogP contribution in [0.3, 0.4) is 0 Å². The predicted octanol–water partition coefficient (Wildman–Crippen LogP) is 4.13. The summed E-state index contributed by atoms with van der Waals surface area (Å²) in [5, 5.41) is 2.09. The van der Waals surface area contributed by atoms with Crippen LogP contribution in [0.15, 0.2) is 23.7 Å². The maximum atomic E-state index is 12.2. The number of fused-ring (bicyclic) bond motifs is 1. The van der Waals surface area contributed by atoms with E-state index in [1.807, 2.05) is 34.0 Å². The highest BCUT2D eigenvalue weighted by molar-refractivity contribution is 7.17. The maximum absolute atomic E-state index is 12.2. The molecule has 0 unspecified atom stereocenters. The Kier molecular flexibility index (Phi) is 4.67. The van der Waals surface area contributed by atoms with Gasteiger partial charge in [0.15, 0.2) is 0 Å². The Morgan fingerprint density at radius 1 is 1.33 bits per heavy atom. The van der Waals surface area contributed by atoms with E-state index in [9.17, 15) is 4.79 Å². The summed E-state index contributed by atoms with van der Waals surface area (Å²) in [6.07, 6.45) is 3.55. The van der Waals surface area contributed by atoms with Gasteiger partial charge in [-0.05, 0) is 51.1 Å². The molecule has 1 amide bonds. The first-order valence-electron chi connectivity index (χ1n) is 8.38. The van der Waals surface area contributed by atoms with Crippen molar-refractivity contribution in [2.45, 2.75) is 45.3 Å². The molecule has 0 aliphatic carbocycles. The molecule has 3 rings (SSSR count). The van der Waals surface area contributed by atoms with Gasteiger partial charge in [0.1, 0.15) is 5.60 Å². The third-order valence-electron chi connectivity index (χ3n) is 4.36. The van der Waals surface area contributed by atoms with Crippen molar-refractivity contribution in [1.82, 2.24) is 9.88 Å². The molecule has 1 aliphatic heterocycles. The monoisotopic (exact) mass is 347 g/mol. The molecule has 5 nitrogen and oxygen atoms in total. The van der Waals surface area contributed by atoms with Gasteiger partial charge < -0.3 is 14.5 Å². The second kappa shape index (κ2) is 6.59. The number of piperidine rings is 1. The Morgan fingerprint density at radius 2 is 2.04 bits per heavy atom. The van der Waals surface area contributed by atoms with Crippen LogP contribution in [0.25, 0.3) is 10.2 Å². The predicted molar refractivity (Wildman–Crippen MR) is 98.9 cm³/mol. The minimum atomic E-state index is -0.451. The minimum absolute atomic E-state index is 0.231. The third-order valence-corrected chi connectivity index (χ3v) is 5.28. The van der Waals surface area contributed by atoms with E-state index in [4.69, 9.17) is 4.74 Å². The molecule has 0 saturated carbocycles. The van der Waals surface area contributed by atoms with Crippen molar-refractivity contribution in [3.8, 4) is 0 Å². The fourth-order valence-corrected chi connectivity index (χ4v) is 3.98. The minimum Gasteiger partial charge on any atom is -0.444 e. The fraction of sp³-hybridized carbons (Fsp3) is 0.556. The summed E-state index contributed by atoms with van der Waals surface area (Å²) in [4.78, 5) is 20.8. The summed E-state index contributed by atoms with van der Waals surface area (Å²) in [6.45, 7) is 7.58. The maximum Gasteiger partial charge on any atom is 0.410 e. The summed E-state index contributed by atoms with van der Waals surface area (Å²) >= 11 is 1.74. The van der Waals surface area contributed by atoms with E-state index < -0.39 is 5.60 Å². The molecule has 130 valence electrons. The SMILES string of the molecule is CN(C(=O)OC(C)(C)C)C1CCN(c2ccnc3ccsc23)CC1. The number of nitrogens with zero attached hydrogens (tertiary/aromatic N) is 3. The number of carbonyl (C=O) groups excluding carboxylic acids is 1. The molecule has 6 heteroatoms. The molecular weight excluding hydrogens is 322 g/mol. The van der Waals surface area contributed by atoms with Crippen LogP contribution in [-0.2, 0) is 4.74 Å². The van der Waals surface area contributed by atoms with E-state index >= 15 is 0 Å². The standard InChI is InChI=1S/C18H25N3O2S/c1-18(2,3)23-17(22)20(4)13-6-10-21(11-7-13)15-5-9-19-14-8-12-24-16(14)15/h5,8-9,12-13H,6-7,10-11H2,1-4H3. The lowest BCUT2D eigenvalue weighted by Crippen LogP contribution is -2.47. The number of rotatable bonds is 2. The van der Waals surface area contributed by atoms with Gasteiger partial charge in [-0.25, -0.2) is 4.79 Å². The molecule has 0 atom stereocenters. The normalized spacial score (nSPS) is 16.4. The number of amides is 1. The van der Waals surface area contributed by atoms with Gasteiger partial charge in [0.2, 0.25) is 0 Å². The molecule has 24 heavy (non-hydrogen) atoms. The average Bonchev–Trinajstić information content (AvgIpc) is 3.01. The molecule has 2 aromatic rings. The van der Waals surface area contributed by atoms with Crippen molar-refractivity contribution in [3.05, 3.63) is 23.7 Å². The quantitative estimate of drug-likeness (QED) is 0.819. The van der Waals surface area contributed by atoms with Crippen molar-refractivity contribution in [3.63, 3.8) is 0 Å².